The smallest absolute Gasteiger partial charge is 0.490 e. The zero-order valence-electron chi connectivity index (χ0n) is 26.7. The number of ketones is 3. The van der Waals surface area contributed by atoms with Gasteiger partial charge in [-0.15, -0.1) is 0 Å². The number of aliphatic hydroxyl groups is 3. The van der Waals surface area contributed by atoms with Crippen molar-refractivity contribution in [1.82, 2.24) is 0 Å². The Morgan fingerprint density at radius 3 is 2.35 bits per heavy atom. The van der Waals surface area contributed by atoms with Crippen LogP contribution in [-0.4, -0.2) is 104 Å². The van der Waals surface area contributed by atoms with Crippen LogP contribution in [0.4, 0.5) is 13.2 Å². The lowest BCUT2D eigenvalue weighted by molar-refractivity contribution is -0.247. The summed E-state index contributed by atoms with van der Waals surface area (Å²) in [6, 6.07) is 2.89. The molecule has 0 spiro atoms. The number of halogens is 3. The van der Waals surface area contributed by atoms with Gasteiger partial charge >= 0.3 is 12.1 Å². The quantitative estimate of drug-likeness (QED) is 0.147. The normalized spacial score (nSPS) is 28.3. The van der Waals surface area contributed by atoms with Crippen molar-refractivity contribution in [2.24, 2.45) is 5.73 Å². The van der Waals surface area contributed by atoms with Crippen molar-refractivity contribution in [3.8, 4) is 17.2 Å². The summed E-state index contributed by atoms with van der Waals surface area (Å²) < 4.78 is 70.7. The van der Waals surface area contributed by atoms with Gasteiger partial charge in [-0.05, 0) is 13.0 Å². The number of carboxylic acids is 1. The number of fused-ring (bicyclic) bond motifs is 3. The van der Waals surface area contributed by atoms with Gasteiger partial charge in [0.1, 0.15) is 29.5 Å². The Balaban J connectivity index is 0.000000698. The molecule has 0 unspecified atom stereocenters. The molecule has 2 aromatic carbocycles. The molecule has 46 heavy (non-hydrogen) atoms. The largest absolute Gasteiger partial charge is 0.507 e. The molecule has 2 aliphatic carbocycles. The van der Waals surface area contributed by atoms with Crippen LogP contribution in [0.15, 0.2) is 18.2 Å². The number of hydrogen-bond acceptors (Lipinski definition) is 13. The second-order valence-corrected chi connectivity index (χ2v) is 10.9. The van der Waals surface area contributed by atoms with E-state index in [4.69, 9.17) is 34.0 Å². The molecule has 250 valence electrons. The van der Waals surface area contributed by atoms with Gasteiger partial charge in [0, 0.05) is 42.0 Å². The topological polar surface area (TPSA) is 243 Å². The number of carbonyl (C=O) groups excluding carboxylic acids is 3. The van der Waals surface area contributed by atoms with E-state index in [0.717, 1.165) is 0 Å². The average molecular weight is 662 g/mol. The number of carbonyl (C=O) groups is 4. The second-order valence-electron chi connectivity index (χ2n) is 10.9. The molecule has 17 heteroatoms. The van der Waals surface area contributed by atoms with E-state index >= 15 is 0 Å². The molecule has 1 saturated heterocycles. The number of alkyl halides is 3. The van der Waals surface area contributed by atoms with Gasteiger partial charge in [-0.3, -0.25) is 14.4 Å². The maximum Gasteiger partial charge on any atom is 0.490 e. The van der Waals surface area contributed by atoms with Crippen LogP contribution < -0.4 is 10.5 Å². The lowest BCUT2D eigenvalue weighted by Crippen LogP contribution is -2.53. The number of phenols is 2. The summed E-state index contributed by atoms with van der Waals surface area (Å²) >= 11 is 0. The molecule has 0 aromatic heterocycles. The number of phenolic OH excluding ortho intramolecular Hbond substituents is 2. The Kier molecular flexibility index (Phi) is 8.35. The first-order valence-electron chi connectivity index (χ1n) is 15.0. The van der Waals surface area contributed by atoms with E-state index in [0.29, 0.717) is 0 Å². The van der Waals surface area contributed by atoms with Gasteiger partial charge in [-0.25, -0.2) is 4.79 Å². The lowest BCUT2D eigenvalue weighted by Gasteiger charge is -2.42. The molecule has 2 aromatic rings. The van der Waals surface area contributed by atoms with Crippen molar-refractivity contribution < 1.29 is 81.3 Å². The van der Waals surface area contributed by atoms with Crippen LogP contribution in [-0.2, 0) is 25.5 Å². The van der Waals surface area contributed by atoms with E-state index in [1.807, 2.05) is 0 Å². The molecular weight excluding hydrogens is 628 g/mol. The Morgan fingerprint density at radius 1 is 1.15 bits per heavy atom. The third kappa shape index (κ3) is 6.04. The van der Waals surface area contributed by atoms with Gasteiger partial charge in [0.25, 0.3) is 0 Å². The highest BCUT2D eigenvalue weighted by molar-refractivity contribution is 6.31. The van der Waals surface area contributed by atoms with Gasteiger partial charge in [0.2, 0.25) is 5.78 Å². The molecule has 5 rings (SSSR count). The minimum absolute atomic E-state index is 0.0397. The maximum absolute atomic E-state index is 13.8. The molecular formula is C29H30F3NO13. The predicted octanol–water partition coefficient (Wildman–Crippen LogP) is 0.635. The van der Waals surface area contributed by atoms with Crippen molar-refractivity contribution >= 4 is 23.3 Å². The van der Waals surface area contributed by atoms with Crippen LogP contribution in [0.25, 0.3) is 0 Å². The van der Waals surface area contributed by atoms with E-state index in [1.165, 1.54) is 18.2 Å². The molecule has 0 radical (unpaired) electrons. The lowest BCUT2D eigenvalue weighted by atomic mass is 9.72. The summed E-state index contributed by atoms with van der Waals surface area (Å²) in [4.78, 5) is 48.9. The number of methoxy groups -OCH3 is 1. The number of rotatable bonds is 5. The first kappa shape index (κ1) is 30.5. The highest BCUT2D eigenvalue weighted by atomic mass is 19.4. The minimum Gasteiger partial charge on any atom is -0.507 e. The maximum atomic E-state index is 13.8. The fourth-order valence-electron chi connectivity index (χ4n) is 5.67. The molecule has 0 saturated carbocycles. The van der Waals surface area contributed by atoms with E-state index in [9.17, 15) is 53.1 Å². The van der Waals surface area contributed by atoms with Crippen molar-refractivity contribution in [3.05, 3.63) is 51.6 Å². The third-order valence-corrected chi connectivity index (χ3v) is 7.94. The molecule has 0 amide bonds. The summed E-state index contributed by atoms with van der Waals surface area (Å²) in [6.07, 6.45) is -10.7. The van der Waals surface area contributed by atoms with E-state index in [2.05, 4.69) is 0 Å². The summed E-state index contributed by atoms with van der Waals surface area (Å²) in [6.45, 7) is 0.474. The second kappa shape index (κ2) is 12.6. The van der Waals surface area contributed by atoms with E-state index in [-0.39, 0.29) is 23.1 Å². The van der Waals surface area contributed by atoms with Gasteiger partial charge in [-0.1, -0.05) is 12.1 Å². The average Bonchev–Trinajstić information content (AvgIpc) is 2.98. The fraction of sp³-hybridized carbons (Fsp3) is 0.448. The van der Waals surface area contributed by atoms with Crippen molar-refractivity contribution in [1.29, 1.82) is 0 Å². The third-order valence-electron chi connectivity index (χ3n) is 7.94. The molecule has 8 N–H and O–H groups in total. The number of ether oxygens (including phenoxy) is 3. The standard InChI is InChI=1S/C27H29NO11.C2HF3O2/c1-10-22(31)13(28)6-17(38-10)39-15-8-27(36,16(30)9-29)7-12-19(15)26(35)21-20(24(12)33)23(32)11-4-3-5-14(37-2)18(11)25(21)34;3-2(4,5)1(6)7/h3-5,10,13,15,17,22,29,31,33,35-36H,6-9,28H2,1-2H3;(H,6,7)/t10-,13-,15-,17-,22+,27-;/m0./s1/i2+1D3;. The van der Waals surface area contributed by atoms with Gasteiger partial charge in [-0.2, -0.15) is 13.2 Å². The van der Waals surface area contributed by atoms with Gasteiger partial charge in [0.15, 0.2) is 17.9 Å². The van der Waals surface area contributed by atoms with Crippen LogP contribution in [0.3, 0.4) is 0 Å². The van der Waals surface area contributed by atoms with Crippen LogP contribution in [0.5, 0.6) is 17.2 Å². The van der Waals surface area contributed by atoms with Gasteiger partial charge in [0.05, 0.1) is 46.2 Å². The number of aliphatic carboxylic acids is 1. The van der Waals surface area contributed by atoms with Crippen LogP contribution in [0.1, 0.15) is 73.0 Å². The Labute approximate surface area is 261 Å². The molecule has 6 atom stereocenters. The van der Waals surface area contributed by atoms with Crippen molar-refractivity contribution in [2.45, 2.75) is 68.6 Å². The Hall–Kier alpha value is -4.13. The number of carboxylic acid groups (broad SMARTS) is 1. The zero-order valence-corrected chi connectivity index (χ0v) is 23.7. The first-order valence-corrected chi connectivity index (χ1v) is 13.5. The first-order chi connectivity index (χ1) is 22.5. The zero-order chi connectivity index (χ0) is 37.0. The Bertz CT molecular complexity index is 1690. The van der Waals surface area contributed by atoms with Crippen molar-refractivity contribution in [3.63, 3.8) is 0 Å². The van der Waals surface area contributed by atoms with Crippen LogP contribution >= 0.6 is 0 Å². The number of aliphatic hydroxyl groups excluding tert-OH is 2. The molecule has 14 nitrogen and oxygen atoms in total. The van der Waals surface area contributed by atoms with Crippen LogP contribution in [0.2, 0.25) is 0 Å². The van der Waals surface area contributed by atoms with E-state index < -0.39 is 126 Å². The summed E-state index contributed by atoms with van der Waals surface area (Å²) in [5, 5.41) is 61.0. The van der Waals surface area contributed by atoms with Crippen LogP contribution in [0, 0.1) is 0 Å². The highest BCUT2D eigenvalue weighted by Crippen LogP contribution is 2.52. The fourth-order valence-corrected chi connectivity index (χ4v) is 5.67. The summed E-state index contributed by atoms with van der Waals surface area (Å²) in [5.41, 5.74) is 1.16. The summed E-state index contributed by atoms with van der Waals surface area (Å²) in [5.74, 6) is -7.81. The number of hydrogen-bond donors (Lipinski definition) is 7. The van der Waals surface area contributed by atoms with E-state index in [1.54, 1.807) is 6.92 Å². The monoisotopic (exact) mass is 661 g/mol. The predicted molar refractivity (Wildman–Crippen MR) is 145 cm³/mol. The minimum atomic E-state index is -5.08. The SMILES string of the molecule is O=C(O)C(F)(F)F.[2H][13C]([2H])([2H])Oc1cccc2c1C(=O)c1c(O)c3c(c(O)c1C2=O)C[C@@](O)(C(=O)CO)C[C@@H]3O[C@H]1C[C@H](N)[C@H](O)[C@H](C)O1. The summed E-state index contributed by atoms with van der Waals surface area (Å²) in [7, 11) is -2.98. The molecule has 1 aliphatic heterocycles. The molecule has 3 aliphatic rings. The highest BCUT2D eigenvalue weighted by Gasteiger charge is 2.50. The molecule has 1 heterocycles. The van der Waals surface area contributed by atoms with Gasteiger partial charge < -0.3 is 50.6 Å². The number of nitrogens with two attached hydrogens (primary N) is 1. The molecule has 1 fully saturated rings. The number of Topliss-reactive ketones (excluding diaryl/α,β-unsaturated/α-hetero) is 1. The van der Waals surface area contributed by atoms with Crippen molar-refractivity contribution in [2.75, 3.05) is 13.6 Å². The Morgan fingerprint density at radius 2 is 1.78 bits per heavy atom. The number of benzene rings is 2. The molecule has 0 bridgehead atoms. The number of aromatic hydroxyl groups is 2.